The van der Waals surface area contributed by atoms with E-state index < -0.39 is 23.8 Å². The summed E-state index contributed by atoms with van der Waals surface area (Å²) in [6, 6.07) is 0. The summed E-state index contributed by atoms with van der Waals surface area (Å²) in [6.07, 6.45) is 2.87. The number of nitrogens with two attached hydrogens (primary N) is 1. The maximum atomic E-state index is 11.7. The standard InChI is InChI=1S/C11H17N3O4/c1-3-4-5-18-9(15)7-14-10(16)8(12)6-13(2)11(14)17/h6H,3-5,7,12H2,1-2H3. The van der Waals surface area contributed by atoms with Gasteiger partial charge in [0.25, 0.3) is 5.56 Å². The van der Waals surface area contributed by atoms with Crippen LogP contribution < -0.4 is 17.0 Å². The highest BCUT2D eigenvalue weighted by atomic mass is 16.5. The number of carbonyl (C=O) groups excluding carboxylic acids is 1. The molecule has 0 aromatic carbocycles. The SMILES string of the molecule is CCCCOC(=O)Cn1c(=O)c(N)cn(C)c1=O. The van der Waals surface area contributed by atoms with Gasteiger partial charge in [0, 0.05) is 13.2 Å². The Kier molecular flexibility index (Phi) is 4.70. The predicted octanol–water partition coefficient (Wildman–Crippen LogP) is -0.527. The van der Waals surface area contributed by atoms with Gasteiger partial charge in [-0.3, -0.25) is 9.59 Å². The topological polar surface area (TPSA) is 96.3 Å². The van der Waals surface area contributed by atoms with Crippen LogP contribution in [0.3, 0.4) is 0 Å². The van der Waals surface area contributed by atoms with Crippen LogP contribution in [0.5, 0.6) is 0 Å². The number of aryl methyl sites for hydroxylation is 1. The summed E-state index contributed by atoms with van der Waals surface area (Å²) >= 11 is 0. The zero-order valence-corrected chi connectivity index (χ0v) is 10.5. The van der Waals surface area contributed by atoms with Gasteiger partial charge in [-0.2, -0.15) is 0 Å². The molecule has 100 valence electrons. The van der Waals surface area contributed by atoms with E-state index >= 15 is 0 Å². The first kappa shape index (κ1) is 14.0. The normalized spacial score (nSPS) is 10.3. The monoisotopic (exact) mass is 255 g/mol. The van der Waals surface area contributed by atoms with Gasteiger partial charge in [0.2, 0.25) is 0 Å². The zero-order chi connectivity index (χ0) is 13.7. The summed E-state index contributed by atoms with van der Waals surface area (Å²) in [4.78, 5) is 34.7. The van der Waals surface area contributed by atoms with Crippen molar-refractivity contribution in [3.05, 3.63) is 27.0 Å². The second-order valence-electron chi connectivity index (χ2n) is 3.94. The third-order valence-corrected chi connectivity index (χ3v) is 2.41. The molecule has 2 N–H and O–H groups in total. The number of esters is 1. The zero-order valence-electron chi connectivity index (χ0n) is 10.5. The fraction of sp³-hybridized carbons (Fsp3) is 0.545. The van der Waals surface area contributed by atoms with E-state index in [9.17, 15) is 14.4 Å². The molecule has 1 rings (SSSR count). The lowest BCUT2D eigenvalue weighted by atomic mass is 10.4. The van der Waals surface area contributed by atoms with Gasteiger partial charge in [-0.15, -0.1) is 0 Å². The molecule has 0 amide bonds. The highest BCUT2D eigenvalue weighted by Crippen LogP contribution is 1.91. The number of unbranched alkanes of at least 4 members (excludes halogenated alkanes) is 1. The van der Waals surface area contributed by atoms with Crippen LogP contribution in [0, 0.1) is 0 Å². The highest BCUT2D eigenvalue weighted by Gasteiger charge is 2.12. The lowest BCUT2D eigenvalue weighted by molar-refractivity contribution is -0.144. The van der Waals surface area contributed by atoms with E-state index in [1.165, 1.54) is 13.2 Å². The fourth-order valence-electron chi connectivity index (χ4n) is 1.40. The lowest BCUT2D eigenvalue weighted by Gasteiger charge is -2.08. The van der Waals surface area contributed by atoms with Gasteiger partial charge in [0.05, 0.1) is 6.61 Å². The highest BCUT2D eigenvalue weighted by molar-refractivity contribution is 5.69. The Balaban J connectivity index is 2.88. The molecular weight excluding hydrogens is 238 g/mol. The molecule has 0 unspecified atom stereocenters. The van der Waals surface area contributed by atoms with E-state index in [0.29, 0.717) is 0 Å². The van der Waals surface area contributed by atoms with Crippen LogP contribution in [0.2, 0.25) is 0 Å². The number of nitrogen functional groups attached to an aromatic ring is 1. The van der Waals surface area contributed by atoms with Crippen molar-refractivity contribution in [2.45, 2.75) is 26.3 Å². The molecule has 0 atom stereocenters. The van der Waals surface area contributed by atoms with Crippen LogP contribution >= 0.6 is 0 Å². The van der Waals surface area contributed by atoms with Crippen LogP contribution in [0.25, 0.3) is 0 Å². The molecule has 0 spiro atoms. The minimum atomic E-state index is -0.675. The van der Waals surface area contributed by atoms with Crippen molar-refractivity contribution >= 4 is 11.7 Å². The lowest BCUT2D eigenvalue weighted by Crippen LogP contribution is -2.41. The number of anilines is 1. The number of hydrogen-bond acceptors (Lipinski definition) is 5. The maximum absolute atomic E-state index is 11.7. The van der Waals surface area contributed by atoms with Gasteiger partial charge >= 0.3 is 11.7 Å². The Hall–Kier alpha value is -2.05. The third kappa shape index (κ3) is 3.22. The van der Waals surface area contributed by atoms with E-state index in [2.05, 4.69) is 0 Å². The molecule has 1 heterocycles. The summed E-state index contributed by atoms with van der Waals surface area (Å²) < 4.78 is 6.80. The van der Waals surface area contributed by atoms with Gasteiger partial charge in [-0.25, -0.2) is 9.36 Å². The minimum absolute atomic E-state index is 0.0848. The third-order valence-electron chi connectivity index (χ3n) is 2.41. The van der Waals surface area contributed by atoms with E-state index in [1.54, 1.807) is 0 Å². The Morgan fingerprint density at radius 2 is 2.11 bits per heavy atom. The molecule has 18 heavy (non-hydrogen) atoms. The van der Waals surface area contributed by atoms with Crippen molar-refractivity contribution in [2.75, 3.05) is 12.3 Å². The van der Waals surface area contributed by atoms with Gasteiger partial charge in [-0.05, 0) is 6.42 Å². The molecule has 0 saturated carbocycles. The van der Waals surface area contributed by atoms with Crippen molar-refractivity contribution in [2.24, 2.45) is 7.05 Å². The second kappa shape index (κ2) is 6.04. The van der Waals surface area contributed by atoms with Gasteiger partial charge in [0.15, 0.2) is 0 Å². The number of rotatable bonds is 5. The summed E-state index contributed by atoms with van der Waals surface area (Å²) in [5.74, 6) is -0.617. The van der Waals surface area contributed by atoms with Crippen molar-refractivity contribution in [1.82, 2.24) is 9.13 Å². The number of nitrogens with zero attached hydrogens (tertiary/aromatic N) is 2. The number of hydrogen-bond donors (Lipinski definition) is 1. The van der Waals surface area contributed by atoms with E-state index in [1.807, 2.05) is 6.92 Å². The largest absolute Gasteiger partial charge is 0.464 e. The summed E-state index contributed by atoms with van der Waals surface area (Å²) in [5, 5.41) is 0. The maximum Gasteiger partial charge on any atom is 0.331 e. The Bertz CT molecular complexity index is 510. The van der Waals surface area contributed by atoms with Gasteiger partial charge in [-0.1, -0.05) is 13.3 Å². The first-order chi connectivity index (χ1) is 8.47. The average molecular weight is 255 g/mol. The minimum Gasteiger partial charge on any atom is -0.464 e. The van der Waals surface area contributed by atoms with Crippen LogP contribution in [0.4, 0.5) is 5.69 Å². The smallest absolute Gasteiger partial charge is 0.331 e. The van der Waals surface area contributed by atoms with E-state index in [-0.39, 0.29) is 12.3 Å². The number of ether oxygens (including phenoxy) is 1. The number of aromatic nitrogens is 2. The van der Waals surface area contributed by atoms with Crippen LogP contribution in [0.15, 0.2) is 15.8 Å². The van der Waals surface area contributed by atoms with Crippen LogP contribution in [-0.2, 0) is 23.1 Å². The quantitative estimate of drug-likeness (QED) is 0.563. The molecule has 7 nitrogen and oxygen atoms in total. The first-order valence-corrected chi connectivity index (χ1v) is 5.69. The molecule has 0 saturated heterocycles. The summed E-state index contributed by atoms with van der Waals surface area (Å²) in [5.41, 5.74) is 4.09. The molecule has 0 fully saturated rings. The average Bonchev–Trinajstić information content (AvgIpc) is 2.32. The fourth-order valence-corrected chi connectivity index (χ4v) is 1.40. The molecular formula is C11H17N3O4. The first-order valence-electron chi connectivity index (χ1n) is 5.69. The van der Waals surface area contributed by atoms with Crippen LogP contribution in [0.1, 0.15) is 19.8 Å². The Labute approximate surface area is 104 Å². The van der Waals surface area contributed by atoms with Crippen molar-refractivity contribution in [3.63, 3.8) is 0 Å². The molecule has 1 aromatic heterocycles. The van der Waals surface area contributed by atoms with Crippen molar-refractivity contribution in [3.8, 4) is 0 Å². The van der Waals surface area contributed by atoms with E-state index in [0.717, 1.165) is 22.0 Å². The Morgan fingerprint density at radius 1 is 1.44 bits per heavy atom. The molecule has 7 heteroatoms. The summed E-state index contributed by atoms with van der Waals surface area (Å²) in [7, 11) is 1.46. The Morgan fingerprint density at radius 3 is 2.72 bits per heavy atom. The predicted molar refractivity (Wildman–Crippen MR) is 66.2 cm³/mol. The molecule has 0 bridgehead atoms. The number of carbonyl (C=O) groups is 1. The molecule has 0 radical (unpaired) electrons. The van der Waals surface area contributed by atoms with Crippen molar-refractivity contribution < 1.29 is 9.53 Å². The second-order valence-corrected chi connectivity index (χ2v) is 3.94. The molecule has 0 aliphatic carbocycles. The van der Waals surface area contributed by atoms with Crippen molar-refractivity contribution in [1.29, 1.82) is 0 Å². The van der Waals surface area contributed by atoms with Crippen LogP contribution in [-0.4, -0.2) is 21.7 Å². The van der Waals surface area contributed by atoms with Gasteiger partial charge in [0.1, 0.15) is 12.2 Å². The molecule has 0 aliphatic rings. The molecule has 1 aromatic rings. The van der Waals surface area contributed by atoms with Gasteiger partial charge < -0.3 is 15.0 Å². The molecule has 0 aliphatic heterocycles. The van der Waals surface area contributed by atoms with E-state index in [4.69, 9.17) is 10.5 Å². The summed E-state index contributed by atoms with van der Waals surface area (Å²) in [6.45, 7) is 1.83.